The normalized spacial score (nSPS) is 16.3. The second-order valence-electron chi connectivity index (χ2n) is 8.39. The van der Waals surface area contributed by atoms with E-state index in [2.05, 4.69) is 15.3 Å². The first-order chi connectivity index (χ1) is 15.6. The molecule has 0 radical (unpaired) electrons. The molecule has 1 aliphatic rings. The van der Waals surface area contributed by atoms with Crippen LogP contribution < -0.4 is 15.8 Å². The van der Waals surface area contributed by atoms with Crippen LogP contribution in [0.1, 0.15) is 41.9 Å². The van der Waals surface area contributed by atoms with Gasteiger partial charge in [-0.05, 0) is 56.5 Å². The monoisotopic (exact) mass is 470 g/mol. The molecule has 0 unspecified atom stereocenters. The van der Waals surface area contributed by atoms with Gasteiger partial charge < -0.3 is 15.8 Å². The second-order valence-corrected chi connectivity index (χ2v) is 10.6. The highest BCUT2D eigenvalue weighted by Crippen LogP contribution is 2.37. The van der Waals surface area contributed by atoms with Gasteiger partial charge in [-0.1, -0.05) is 6.08 Å². The molecule has 3 N–H and O–H groups in total. The zero-order valence-corrected chi connectivity index (χ0v) is 19.9. The van der Waals surface area contributed by atoms with Crippen molar-refractivity contribution in [2.75, 3.05) is 29.7 Å². The van der Waals surface area contributed by atoms with E-state index < -0.39 is 15.9 Å². The minimum atomic E-state index is -3.06. The van der Waals surface area contributed by atoms with E-state index in [1.165, 1.54) is 0 Å². The van der Waals surface area contributed by atoms with Crippen molar-refractivity contribution in [3.63, 3.8) is 0 Å². The standard InChI is InChI=1S/C24H27FN4O3S/c1-13-9-17(26)10-18(23(13)25)14(2)27-24-20-11-19(16-5-7-33(30,31)8-6-16)22(32-4)12-21(20)28-15(3)29-24/h5,9-12,14H,6-8,26H2,1-4H3,(H,27,28,29)/t14-/m1/s1. The van der Waals surface area contributed by atoms with Crippen LogP contribution in [0, 0.1) is 19.7 Å². The van der Waals surface area contributed by atoms with Crippen LogP contribution in [-0.2, 0) is 9.84 Å². The summed E-state index contributed by atoms with van der Waals surface area (Å²) >= 11 is 0. The molecule has 1 aliphatic heterocycles. The van der Waals surface area contributed by atoms with Crippen molar-refractivity contribution in [1.29, 1.82) is 0 Å². The van der Waals surface area contributed by atoms with Gasteiger partial charge in [0.2, 0.25) is 0 Å². The van der Waals surface area contributed by atoms with Crippen molar-refractivity contribution in [3.05, 3.63) is 58.7 Å². The van der Waals surface area contributed by atoms with Crippen LogP contribution in [0.4, 0.5) is 15.9 Å². The summed E-state index contributed by atoms with van der Waals surface area (Å²) < 4.78 is 44.1. The third-order valence-electron chi connectivity index (χ3n) is 5.87. The molecule has 3 aromatic rings. The van der Waals surface area contributed by atoms with Gasteiger partial charge in [-0.15, -0.1) is 0 Å². The predicted molar refractivity (Wildman–Crippen MR) is 130 cm³/mol. The molecule has 9 heteroatoms. The number of ether oxygens (including phenoxy) is 1. The molecule has 2 aromatic carbocycles. The number of sulfone groups is 1. The van der Waals surface area contributed by atoms with Gasteiger partial charge in [0, 0.05) is 28.3 Å². The first-order valence-electron chi connectivity index (χ1n) is 10.7. The van der Waals surface area contributed by atoms with Crippen molar-refractivity contribution in [1.82, 2.24) is 9.97 Å². The molecular formula is C24H27FN4O3S. The van der Waals surface area contributed by atoms with E-state index in [9.17, 15) is 12.8 Å². The van der Waals surface area contributed by atoms with Gasteiger partial charge in [-0.25, -0.2) is 22.8 Å². The Morgan fingerprint density at radius 2 is 1.94 bits per heavy atom. The second kappa shape index (κ2) is 8.62. The number of nitrogens with zero attached hydrogens (tertiary/aromatic N) is 2. The number of benzene rings is 2. The van der Waals surface area contributed by atoms with E-state index in [1.807, 2.05) is 19.1 Å². The third kappa shape index (κ3) is 4.64. The number of rotatable bonds is 5. The van der Waals surface area contributed by atoms with Crippen LogP contribution in [0.2, 0.25) is 0 Å². The summed E-state index contributed by atoms with van der Waals surface area (Å²) in [5, 5.41) is 4.05. The number of nitrogens with two attached hydrogens (primary N) is 1. The van der Waals surface area contributed by atoms with Crippen LogP contribution in [0.3, 0.4) is 0 Å². The maximum Gasteiger partial charge on any atom is 0.154 e. The number of hydrogen-bond acceptors (Lipinski definition) is 7. The Morgan fingerprint density at radius 1 is 1.18 bits per heavy atom. The Hall–Kier alpha value is -3.20. The number of methoxy groups -OCH3 is 1. The van der Waals surface area contributed by atoms with E-state index in [0.29, 0.717) is 46.1 Å². The Balaban J connectivity index is 1.81. The molecule has 0 bridgehead atoms. The lowest BCUT2D eigenvalue weighted by Gasteiger charge is -2.21. The quantitative estimate of drug-likeness (QED) is 0.534. The molecule has 0 saturated heterocycles. The summed E-state index contributed by atoms with van der Waals surface area (Å²) in [6.07, 6.45) is 2.14. The number of nitrogens with one attached hydrogen (secondary N) is 1. The molecule has 4 rings (SSSR count). The number of aryl methyl sites for hydroxylation is 2. The molecule has 0 aliphatic carbocycles. The number of hydrogen-bond donors (Lipinski definition) is 2. The van der Waals surface area contributed by atoms with E-state index >= 15 is 0 Å². The van der Waals surface area contributed by atoms with Crippen LogP contribution in [0.15, 0.2) is 30.3 Å². The Morgan fingerprint density at radius 3 is 2.61 bits per heavy atom. The summed E-state index contributed by atoms with van der Waals surface area (Å²) in [6, 6.07) is 6.55. The summed E-state index contributed by atoms with van der Waals surface area (Å²) in [6.45, 7) is 5.32. The van der Waals surface area contributed by atoms with E-state index in [0.717, 1.165) is 16.5 Å². The molecule has 7 nitrogen and oxygen atoms in total. The number of fused-ring (bicyclic) bond motifs is 1. The highest BCUT2D eigenvalue weighted by Gasteiger charge is 2.22. The average molecular weight is 471 g/mol. The summed E-state index contributed by atoms with van der Waals surface area (Å²) in [4.78, 5) is 9.11. The van der Waals surface area contributed by atoms with Crippen molar-refractivity contribution >= 4 is 37.8 Å². The molecule has 0 amide bonds. The highest BCUT2D eigenvalue weighted by atomic mass is 32.2. The zero-order valence-electron chi connectivity index (χ0n) is 19.1. The van der Waals surface area contributed by atoms with Gasteiger partial charge in [0.05, 0.1) is 30.2 Å². The van der Waals surface area contributed by atoms with Crippen LogP contribution in [0.5, 0.6) is 5.75 Å². The predicted octanol–water partition coefficient (Wildman–Crippen LogP) is 4.35. The smallest absolute Gasteiger partial charge is 0.154 e. The summed E-state index contributed by atoms with van der Waals surface area (Å²) in [5.41, 5.74) is 9.74. The number of halogens is 1. The fraction of sp³-hybridized carbons (Fsp3) is 0.333. The lowest BCUT2D eigenvalue weighted by atomic mass is 9.99. The van der Waals surface area contributed by atoms with Gasteiger partial charge >= 0.3 is 0 Å². The topological polar surface area (TPSA) is 107 Å². The van der Waals surface area contributed by atoms with Crippen molar-refractivity contribution < 1.29 is 17.5 Å². The molecule has 174 valence electrons. The van der Waals surface area contributed by atoms with Crippen LogP contribution in [0.25, 0.3) is 16.5 Å². The minimum Gasteiger partial charge on any atom is -0.496 e. The number of anilines is 2. The van der Waals surface area contributed by atoms with E-state index in [-0.39, 0.29) is 17.3 Å². The molecule has 1 atom stereocenters. The summed E-state index contributed by atoms with van der Waals surface area (Å²) in [7, 11) is -1.48. The highest BCUT2D eigenvalue weighted by molar-refractivity contribution is 7.91. The van der Waals surface area contributed by atoms with Crippen molar-refractivity contribution in [2.24, 2.45) is 0 Å². The maximum atomic E-state index is 14.8. The minimum absolute atomic E-state index is 0.00409. The number of nitrogen functional groups attached to an aromatic ring is 1. The molecule has 33 heavy (non-hydrogen) atoms. The van der Waals surface area contributed by atoms with Gasteiger partial charge in [0.25, 0.3) is 0 Å². The Labute approximate surface area is 192 Å². The lowest BCUT2D eigenvalue weighted by Crippen LogP contribution is -2.15. The molecule has 1 aromatic heterocycles. The Bertz CT molecular complexity index is 1390. The third-order valence-corrected chi connectivity index (χ3v) is 7.37. The molecular weight excluding hydrogens is 443 g/mol. The Kier molecular flexibility index (Phi) is 6.00. The van der Waals surface area contributed by atoms with Crippen molar-refractivity contribution in [2.45, 2.75) is 33.2 Å². The first kappa shape index (κ1) is 23.0. The number of aromatic nitrogens is 2. The van der Waals surface area contributed by atoms with E-state index in [1.54, 1.807) is 39.2 Å². The maximum absolute atomic E-state index is 14.8. The molecule has 2 heterocycles. The fourth-order valence-corrected chi connectivity index (χ4v) is 5.30. The SMILES string of the molecule is COc1cc2nc(C)nc(N[C@H](C)c3cc(N)cc(C)c3F)c2cc1C1=CCS(=O)(=O)CC1. The van der Waals surface area contributed by atoms with Crippen LogP contribution >= 0.6 is 0 Å². The summed E-state index contributed by atoms with van der Waals surface area (Å²) in [5.74, 6) is 1.51. The van der Waals surface area contributed by atoms with Crippen molar-refractivity contribution in [3.8, 4) is 5.75 Å². The van der Waals surface area contributed by atoms with Crippen LogP contribution in [-0.4, -0.2) is 37.0 Å². The largest absolute Gasteiger partial charge is 0.496 e. The van der Waals surface area contributed by atoms with Gasteiger partial charge in [0.1, 0.15) is 23.2 Å². The fourth-order valence-electron chi connectivity index (χ4n) is 4.15. The average Bonchev–Trinajstić information content (AvgIpc) is 2.75. The van der Waals surface area contributed by atoms with Gasteiger partial charge in [-0.2, -0.15) is 0 Å². The van der Waals surface area contributed by atoms with E-state index in [4.69, 9.17) is 10.5 Å². The lowest BCUT2D eigenvalue weighted by molar-refractivity contribution is 0.414. The van der Waals surface area contributed by atoms with Gasteiger partial charge in [-0.3, -0.25) is 0 Å². The molecule has 0 saturated carbocycles. The molecule has 0 spiro atoms. The van der Waals surface area contributed by atoms with Gasteiger partial charge in [0.15, 0.2) is 9.84 Å². The number of allylic oxidation sites excluding steroid dienone is 1. The zero-order chi connectivity index (χ0) is 23.9. The first-order valence-corrected chi connectivity index (χ1v) is 12.5. The molecule has 0 fully saturated rings.